The molecule has 1 aliphatic rings. The highest BCUT2D eigenvalue weighted by molar-refractivity contribution is 7.09. The Balaban J connectivity index is 1.46. The van der Waals surface area contributed by atoms with E-state index in [1.807, 2.05) is 29.2 Å². The van der Waals surface area contributed by atoms with Crippen molar-refractivity contribution in [3.8, 4) is 0 Å². The van der Waals surface area contributed by atoms with Crippen LogP contribution in [0.25, 0.3) is 10.9 Å². The Kier molecular flexibility index (Phi) is 5.09. The van der Waals surface area contributed by atoms with Crippen LogP contribution in [0.4, 0.5) is 0 Å². The number of piperazine rings is 1. The van der Waals surface area contributed by atoms with E-state index in [0.717, 1.165) is 37.0 Å². The van der Waals surface area contributed by atoms with E-state index in [1.54, 1.807) is 23.0 Å². The highest BCUT2D eigenvalue weighted by Gasteiger charge is 2.24. The first-order chi connectivity index (χ1) is 13.1. The maximum atomic E-state index is 13.1. The monoisotopic (exact) mass is 381 g/mol. The third-order valence-electron chi connectivity index (χ3n) is 5.30. The average molecular weight is 382 g/mol. The van der Waals surface area contributed by atoms with Gasteiger partial charge in [0.1, 0.15) is 0 Å². The third-order valence-corrected chi connectivity index (χ3v) is 6.23. The van der Waals surface area contributed by atoms with Crippen LogP contribution >= 0.6 is 11.3 Å². The first kappa shape index (κ1) is 17.9. The van der Waals surface area contributed by atoms with Crippen molar-refractivity contribution in [2.75, 3.05) is 32.7 Å². The van der Waals surface area contributed by atoms with Gasteiger partial charge in [-0.25, -0.2) is 0 Å². The van der Waals surface area contributed by atoms with Gasteiger partial charge in [-0.2, -0.15) is 0 Å². The maximum Gasteiger partial charge on any atom is 0.254 e. The van der Waals surface area contributed by atoms with Crippen LogP contribution in [0.2, 0.25) is 0 Å². The lowest BCUT2D eigenvalue weighted by atomic mass is 10.1. The van der Waals surface area contributed by atoms with Crippen molar-refractivity contribution in [2.24, 2.45) is 7.05 Å². The smallest absolute Gasteiger partial charge is 0.254 e. The fraction of sp³-hybridized carbons (Fsp3) is 0.333. The van der Waals surface area contributed by atoms with E-state index < -0.39 is 0 Å². The Hall–Kier alpha value is -2.44. The minimum atomic E-state index is -0.147. The molecule has 1 amide bonds. The van der Waals surface area contributed by atoms with Gasteiger partial charge in [0.25, 0.3) is 11.5 Å². The van der Waals surface area contributed by atoms with Gasteiger partial charge in [-0.3, -0.25) is 14.5 Å². The molecular formula is C21H23N3O2S. The predicted octanol–water partition coefficient (Wildman–Crippen LogP) is 2.60. The van der Waals surface area contributed by atoms with Gasteiger partial charge in [-0.05, 0) is 23.9 Å². The maximum absolute atomic E-state index is 13.1. The van der Waals surface area contributed by atoms with Gasteiger partial charge >= 0.3 is 0 Å². The Morgan fingerprint density at radius 2 is 1.85 bits per heavy atom. The summed E-state index contributed by atoms with van der Waals surface area (Å²) in [7, 11) is 1.74. The van der Waals surface area contributed by atoms with Crippen molar-refractivity contribution < 1.29 is 4.79 Å². The molecule has 2 aromatic heterocycles. The van der Waals surface area contributed by atoms with E-state index in [2.05, 4.69) is 22.4 Å². The zero-order chi connectivity index (χ0) is 18.8. The van der Waals surface area contributed by atoms with Crippen LogP contribution in [0, 0.1) is 0 Å². The second kappa shape index (κ2) is 7.66. The molecule has 0 N–H and O–H groups in total. The number of thiophene rings is 1. The lowest BCUT2D eigenvalue weighted by Crippen LogP contribution is -2.49. The summed E-state index contributed by atoms with van der Waals surface area (Å²) in [5.74, 6) is -0.0400. The number of aryl methyl sites for hydroxylation is 1. The van der Waals surface area contributed by atoms with Crippen LogP contribution in [-0.4, -0.2) is 53.0 Å². The number of fused-ring (bicyclic) bond motifs is 1. The zero-order valence-electron chi connectivity index (χ0n) is 15.4. The summed E-state index contributed by atoms with van der Waals surface area (Å²) in [6.07, 6.45) is 1.06. The van der Waals surface area contributed by atoms with Gasteiger partial charge in [0.15, 0.2) is 0 Å². The minimum absolute atomic E-state index is 0.0400. The number of benzene rings is 1. The zero-order valence-corrected chi connectivity index (χ0v) is 16.2. The summed E-state index contributed by atoms with van der Waals surface area (Å²) in [6, 6.07) is 13.3. The summed E-state index contributed by atoms with van der Waals surface area (Å²) >= 11 is 1.80. The largest absolute Gasteiger partial charge is 0.336 e. The lowest BCUT2D eigenvalue weighted by molar-refractivity contribution is 0.0640. The standard InChI is InChI=1S/C21H23N3O2S/c1-22-19-7-3-2-6-17(19)18(15-20(22)25)21(26)24-12-10-23(11-13-24)9-8-16-5-4-14-27-16/h2-7,14-15H,8-13H2,1H3. The molecule has 5 nitrogen and oxygen atoms in total. The van der Waals surface area contributed by atoms with Gasteiger partial charge in [-0.1, -0.05) is 24.3 Å². The van der Waals surface area contributed by atoms with E-state index in [0.29, 0.717) is 18.7 Å². The Morgan fingerprint density at radius 1 is 1.07 bits per heavy atom. The molecule has 0 bridgehead atoms. The van der Waals surface area contributed by atoms with Crippen molar-refractivity contribution in [3.05, 3.63) is 68.6 Å². The molecule has 27 heavy (non-hydrogen) atoms. The molecule has 1 fully saturated rings. The van der Waals surface area contributed by atoms with E-state index in [-0.39, 0.29) is 11.5 Å². The molecule has 3 heterocycles. The van der Waals surface area contributed by atoms with Crippen LogP contribution in [0.5, 0.6) is 0 Å². The average Bonchev–Trinajstić information content (AvgIpc) is 3.23. The van der Waals surface area contributed by atoms with E-state index in [9.17, 15) is 9.59 Å². The first-order valence-electron chi connectivity index (χ1n) is 9.26. The first-order valence-corrected chi connectivity index (χ1v) is 10.1. The topological polar surface area (TPSA) is 45.6 Å². The van der Waals surface area contributed by atoms with E-state index >= 15 is 0 Å². The van der Waals surface area contributed by atoms with Crippen LogP contribution in [0.15, 0.2) is 52.6 Å². The van der Waals surface area contributed by atoms with E-state index in [1.165, 1.54) is 10.9 Å². The SMILES string of the molecule is Cn1c(=O)cc(C(=O)N2CCN(CCc3cccs3)CC2)c2ccccc21. The number of para-hydroxylation sites is 1. The van der Waals surface area contributed by atoms with Gasteiger partial charge in [0.05, 0.1) is 11.1 Å². The molecular weight excluding hydrogens is 358 g/mol. The lowest BCUT2D eigenvalue weighted by Gasteiger charge is -2.35. The quantitative estimate of drug-likeness (QED) is 0.698. The second-order valence-electron chi connectivity index (χ2n) is 6.94. The number of hydrogen-bond donors (Lipinski definition) is 0. The molecule has 1 aromatic carbocycles. The van der Waals surface area contributed by atoms with Crippen molar-refractivity contribution in [3.63, 3.8) is 0 Å². The van der Waals surface area contributed by atoms with Crippen LogP contribution in [0.3, 0.4) is 0 Å². The summed E-state index contributed by atoms with van der Waals surface area (Å²) in [5, 5.41) is 2.95. The number of carbonyl (C=O) groups excluding carboxylic acids is 1. The molecule has 0 atom stereocenters. The predicted molar refractivity (Wildman–Crippen MR) is 110 cm³/mol. The van der Waals surface area contributed by atoms with Crippen molar-refractivity contribution in [1.82, 2.24) is 14.4 Å². The van der Waals surface area contributed by atoms with Gasteiger partial charge < -0.3 is 9.47 Å². The molecule has 6 heteroatoms. The van der Waals surface area contributed by atoms with Crippen molar-refractivity contribution in [2.45, 2.75) is 6.42 Å². The molecule has 1 saturated heterocycles. The number of hydrogen-bond acceptors (Lipinski definition) is 4. The summed E-state index contributed by atoms with van der Waals surface area (Å²) in [4.78, 5) is 31.1. The fourth-order valence-corrected chi connectivity index (χ4v) is 4.35. The van der Waals surface area contributed by atoms with E-state index in [4.69, 9.17) is 0 Å². The highest BCUT2D eigenvalue weighted by atomic mass is 32.1. The summed E-state index contributed by atoms with van der Waals surface area (Å²) in [5.41, 5.74) is 1.16. The van der Waals surface area contributed by atoms with Crippen molar-refractivity contribution >= 4 is 28.1 Å². The summed E-state index contributed by atoms with van der Waals surface area (Å²) < 4.78 is 1.59. The molecule has 0 spiro atoms. The molecule has 0 unspecified atom stereocenters. The van der Waals surface area contributed by atoms with Crippen LogP contribution in [0.1, 0.15) is 15.2 Å². The molecule has 140 valence electrons. The second-order valence-corrected chi connectivity index (χ2v) is 7.97. The Labute approximate surface area is 162 Å². The third kappa shape index (κ3) is 3.68. The number of rotatable bonds is 4. The number of amides is 1. The molecule has 4 rings (SSSR count). The fourth-order valence-electron chi connectivity index (χ4n) is 3.66. The van der Waals surface area contributed by atoms with Gasteiger partial charge in [0, 0.05) is 56.1 Å². The van der Waals surface area contributed by atoms with Gasteiger partial charge in [-0.15, -0.1) is 11.3 Å². The van der Waals surface area contributed by atoms with Gasteiger partial charge in [0.2, 0.25) is 0 Å². The summed E-state index contributed by atoms with van der Waals surface area (Å²) in [6.45, 7) is 4.18. The van der Waals surface area contributed by atoms with Crippen LogP contribution < -0.4 is 5.56 Å². The molecule has 3 aromatic rings. The van der Waals surface area contributed by atoms with Crippen molar-refractivity contribution in [1.29, 1.82) is 0 Å². The number of nitrogens with zero attached hydrogens (tertiary/aromatic N) is 3. The molecule has 0 radical (unpaired) electrons. The van der Waals surface area contributed by atoms with Crippen LogP contribution in [-0.2, 0) is 13.5 Å². The number of aromatic nitrogens is 1. The Bertz CT molecular complexity index is 1000. The highest BCUT2D eigenvalue weighted by Crippen LogP contribution is 2.19. The Morgan fingerprint density at radius 3 is 2.59 bits per heavy atom. The normalized spacial score (nSPS) is 15.4. The number of pyridine rings is 1. The molecule has 1 aliphatic heterocycles. The molecule has 0 aliphatic carbocycles. The minimum Gasteiger partial charge on any atom is -0.336 e. The number of carbonyl (C=O) groups is 1. The molecule has 0 saturated carbocycles.